The first kappa shape index (κ1) is 80.5. The molecular formula is C73H136N2O7P+. The molecule has 10 heteroatoms. The number of esters is 1. The minimum atomic E-state index is -4.46. The number of hydrogen-bond donors (Lipinski definition) is 2. The van der Waals surface area contributed by atoms with Crippen LogP contribution in [0.5, 0.6) is 0 Å². The first-order chi connectivity index (χ1) is 40.4. The molecule has 0 aromatic rings. The number of amides is 1. The molecule has 0 spiro atoms. The lowest BCUT2D eigenvalue weighted by molar-refractivity contribution is -0.870. The lowest BCUT2D eigenvalue weighted by Crippen LogP contribution is -2.47. The maximum Gasteiger partial charge on any atom is 0.472 e. The number of phosphoric ester groups is 1. The number of unbranched alkanes of at least 4 members (excludes halogenated alkanes) is 38. The molecule has 0 aliphatic rings. The first-order valence-corrected chi connectivity index (χ1v) is 36.8. The highest BCUT2D eigenvalue weighted by Gasteiger charge is 2.30. The second kappa shape index (κ2) is 62.5. The minimum absolute atomic E-state index is 0.0373. The van der Waals surface area contributed by atoms with Gasteiger partial charge in [-0.05, 0) is 102 Å². The van der Waals surface area contributed by atoms with Crippen LogP contribution < -0.4 is 5.32 Å². The van der Waals surface area contributed by atoms with E-state index in [0.29, 0.717) is 17.4 Å². The van der Waals surface area contributed by atoms with Crippen molar-refractivity contribution in [1.82, 2.24) is 5.32 Å². The number of nitrogens with one attached hydrogen (secondary N) is 1. The molecule has 0 aromatic carbocycles. The van der Waals surface area contributed by atoms with Gasteiger partial charge >= 0.3 is 13.8 Å². The van der Waals surface area contributed by atoms with Crippen molar-refractivity contribution in [3.05, 3.63) is 72.9 Å². The standard InChI is InChI=1S/C73H135N2O7P/c1-7-10-13-16-19-22-25-28-30-32-34-35-36-37-38-39-41-42-44-47-50-53-56-59-62-65-72(76)74-70(69-81-83(78,79)80-68-67-75(4,5)6)71(64-61-58-55-52-49-46-27-24-21-18-15-12-9-3)82-73(77)66-63-60-57-54-51-48-45-43-40-33-31-29-26-23-20-17-14-11-8-2/h19,22,28-31,34-35,37-38,61,64,70-71H,7-18,20-21,23-27,32-33,36,39-60,62-63,65-69H2,1-6H3,(H-,74,76,78,79)/p+1/b22-19-,30-28-,31-29+,35-34-,38-37-,64-61-. The number of ether oxygens (including phenoxy) is 1. The van der Waals surface area contributed by atoms with Gasteiger partial charge in [-0.15, -0.1) is 0 Å². The van der Waals surface area contributed by atoms with Gasteiger partial charge in [-0.1, -0.05) is 287 Å². The third-order valence-electron chi connectivity index (χ3n) is 15.6. The molecule has 83 heavy (non-hydrogen) atoms. The van der Waals surface area contributed by atoms with Gasteiger partial charge in [0.15, 0.2) is 0 Å². The quantitative estimate of drug-likeness (QED) is 0.0205. The van der Waals surface area contributed by atoms with Crippen LogP contribution in [0, 0.1) is 0 Å². The fourth-order valence-electron chi connectivity index (χ4n) is 10.2. The fourth-order valence-corrected chi connectivity index (χ4v) is 10.9. The molecule has 0 aliphatic carbocycles. The minimum Gasteiger partial charge on any atom is -0.456 e. The number of carbonyl (C=O) groups is 2. The smallest absolute Gasteiger partial charge is 0.456 e. The fraction of sp³-hybridized carbons (Fsp3) is 0.808. The van der Waals surface area contributed by atoms with E-state index in [1.807, 2.05) is 33.3 Å². The highest BCUT2D eigenvalue weighted by atomic mass is 31.2. The van der Waals surface area contributed by atoms with Gasteiger partial charge in [0.1, 0.15) is 19.3 Å². The molecule has 3 atom stereocenters. The maximum atomic E-state index is 13.6. The molecule has 2 N–H and O–H groups in total. The normalized spacial score (nSPS) is 14.0. The zero-order valence-corrected chi connectivity index (χ0v) is 56.3. The zero-order valence-electron chi connectivity index (χ0n) is 55.4. The molecule has 0 aliphatic heterocycles. The summed E-state index contributed by atoms with van der Waals surface area (Å²) in [5, 5.41) is 3.07. The van der Waals surface area contributed by atoms with Crippen molar-refractivity contribution >= 4 is 19.7 Å². The Morgan fingerprint density at radius 1 is 0.422 bits per heavy atom. The van der Waals surface area contributed by atoms with Crippen molar-refractivity contribution < 1.29 is 37.3 Å². The Morgan fingerprint density at radius 2 is 0.735 bits per heavy atom. The Labute approximate surface area is 514 Å². The van der Waals surface area contributed by atoms with Crippen LogP contribution in [-0.4, -0.2) is 74.3 Å². The van der Waals surface area contributed by atoms with E-state index in [1.165, 1.54) is 205 Å². The highest BCUT2D eigenvalue weighted by molar-refractivity contribution is 7.47. The number of allylic oxidation sites excluding steroid dienone is 11. The molecule has 0 rings (SSSR count). The monoisotopic (exact) mass is 1180 g/mol. The third kappa shape index (κ3) is 63.8. The Hall–Kier alpha value is -2.55. The van der Waals surface area contributed by atoms with E-state index in [1.54, 1.807) is 0 Å². The van der Waals surface area contributed by atoms with Crippen LogP contribution in [-0.2, 0) is 27.9 Å². The number of phosphoric acid groups is 1. The molecule has 3 unspecified atom stereocenters. The van der Waals surface area contributed by atoms with Gasteiger partial charge in [-0.25, -0.2) is 4.57 Å². The average molecular weight is 1180 g/mol. The highest BCUT2D eigenvalue weighted by Crippen LogP contribution is 2.43. The van der Waals surface area contributed by atoms with Gasteiger partial charge in [0, 0.05) is 12.8 Å². The van der Waals surface area contributed by atoms with Gasteiger partial charge in [-0.3, -0.25) is 18.6 Å². The van der Waals surface area contributed by atoms with Crippen molar-refractivity contribution in [2.24, 2.45) is 0 Å². The summed E-state index contributed by atoms with van der Waals surface area (Å²) in [6.07, 6.45) is 81.9. The molecule has 0 bridgehead atoms. The number of likely N-dealkylation sites (N-methyl/N-ethyl adjacent to an activating group) is 1. The molecule has 0 heterocycles. The Kier molecular flexibility index (Phi) is 60.6. The summed E-state index contributed by atoms with van der Waals surface area (Å²) in [5.74, 6) is -0.505. The molecule has 484 valence electrons. The molecule has 9 nitrogen and oxygen atoms in total. The predicted octanol–water partition coefficient (Wildman–Crippen LogP) is 22.3. The van der Waals surface area contributed by atoms with Crippen LogP contribution in [0.25, 0.3) is 0 Å². The SMILES string of the molecule is CCCCC/C=C\C/C=C\C/C=C\C/C=C\CCCCCCCCCCCC(=O)NC(COP(=O)(O)OCC[N+](C)(C)C)C(/C=C\CCCCCCCCCCCCC)OC(=O)CCCCCCCCCCC/C=C/CCCCCCCC. The number of carbonyl (C=O) groups excluding carboxylic acids is 2. The van der Waals surface area contributed by atoms with E-state index in [4.69, 9.17) is 13.8 Å². The van der Waals surface area contributed by atoms with Crippen LogP contribution >= 0.6 is 7.82 Å². The molecule has 0 saturated carbocycles. The largest absolute Gasteiger partial charge is 0.472 e. The van der Waals surface area contributed by atoms with E-state index >= 15 is 0 Å². The van der Waals surface area contributed by atoms with Crippen LogP contribution in [0.1, 0.15) is 329 Å². The van der Waals surface area contributed by atoms with Gasteiger partial charge in [-0.2, -0.15) is 0 Å². The molecule has 0 fully saturated rings. The molecule has 0 saturated heterocycles. The lowest BCUT2D eigenvalue weighted by atomic mass is 10.0. The summed E-state index contributed by atoms with van der Waals surface area (Å²) < 4.78 is 30.8. The van der Waals surface area contributed by atoms with Gasteiger partial charge in [0.25, 0.3) is 0 Å². The molecule has 0 radical (unpaired) electrons. The van der Waals surface area contributed by atoms with Crippen LogP contribution in [0.4, 0.5) is 0 Å². The third-order valence-corrected chi connectivity index (χ3v) is 16.6. The van der Waals surface area contributed by atoms with E-state index in [-0.39, 0.29) is 31.5 Å². The van der Waals surface area contributed by atoms with Gasteiger partial charge in [0.2, 0.25) is 5.91 Å². The van der Waals surface area contributed by atoms with Crippen molar-refractivity contribution in [3.8, 4) is 0 Å². The summed E-state index contributed by atoms with van der Waals surface area (Å²) in [7, 11) is 1.49. The van der Waals surface area contributed by atoms with Crippen molar-refractivity contribution in [2.45, 2.75) is 341 Å². The Balaban J connectivity index is 5.14. The summed E-state index contributed by atoms with van der Waals surface area (Å²) in [6, 6.07) is -0.856. The number of nitrogens with zero attached hydrogens (tertiary/aromatic N) is 1. The topological polar surface area (TPSA) is 111 Å². The van der Waals surface area contributed by atoms with Crippen LogP contribution in [0.2, 0.25) is 0 Å². The Morgan fingerprint density at radius 3 is 1.13 bits per heavy atom. The van der Waals surface area contributed by atoms with E-state index in [2.05, 4.69) is 86.8 Å². The van der Waals surface area contributed by atoms with E-state index < -0.39 is 20.0 Å². The number of rotatable bonds is 64. The first-order valence-electron chi connectivity index (χ1n) is 35.3. The maximum absolute atomic E-state index is 13.6. The van der Waals surface area contributed by atoms with Crippen LogP contribution in [0.3, 0.4) is 0 Å². The van der Waals surface area contributed by atoms with Crippen LogP contribution in [0.15, 0.2) is 72.9 Å². The summed E-state index contributed by atoms with van der Waals surface area (Å²) in [4.78, 5) is 37.9. The van der Waals surface area contributed by atoms with E-state index in [0.717, 1.165) is 89.9 Å². The summed E-state index contributed by atoms with van der Waals surface area (Å²) >= 11 is 0. The van der Waals surface area contributed by atoms with Gasteiger partial charge in [0.05, 0.1) is 33.8 Å². The van der Waals surface area contributed by atoms with Crippen molar-refractivity contribution in [3.63, 3.8) is 0 Å². The Bertz CT molecular complexity index is 1650. The predicted molar refractivity (Wildman–Crippen MR) is 360 cm³/mol. The number of quaternary nitrogens is 1. The zero-order chi connectivity index (χ0) is 60.7. The molecule has 1 amide bonds. The lowest BCUT2D eigenvalue weighted by Gasteiger charge is -2.27. The summed E-state index contributed by atoms with van der Waals surface area (Å²) in [5.41, 5.74) is 0. The average Bonchev–Trinajstić information content (AvgIpc) is 3.46. The van der Waals surface area contributed by atoms with Crippen molar-refractivity contribution in [1.29, 1.82) is 0 Å². The summed E-state index contributed by atoms with van der Waals surface area (Å²) in [6.45, 7) is 7.01. The van der Waals surface area contributed by atoms with Crippen molar-refractivity contribution in [2.75, 3.05) is 40.9 Å². The van der Waals surface area contributed by atoms with E-state index in [9.17, 15) is 19.0 Å². The van der Waals surface area contributed by atoms with Gasteiger partial charge < -0.3 is 19.4 Å². The second-order valence-electron chi connectivity index (χ2n) is 25.0. The molecule has 0 aromatic heterocycles. The molecular weight excluding hydrogens is 1050 g/mol. The second-order valence-corrected chi connectivity index (χ2v) is 26.5. The number of hydrogen-bond acceptors (Lipinski definition) is 6.